The molecule has 7 heteroatoms. The normalized spacial score (nSPS) is 21.6. The highest BCUT2D eigenvalue weighted by atomic mass is 79.9. The van der Waals surface area contributed by atoms with Crippen molar-refractivity contribution in [3.8, 4) is 11.6 Å². The Hall–Kier alpha value is -1.50. The Balaban J connectivity index is 2.01. The number of hydrogen-bond donors (Lipinski definition) is 1. The van der Waals surface area contributed by atoms with Gasteiger partial charge in [-0.05, 0) is 34.8 Å². The van der Waals surface area contributed by atoms with Gasteiger partial charge in [-0.1, -0.05) is 0 Å². The lowest BCUT2D eigenvalue weighted by atomic mass is 10.2. The Bertz CT molecular complexity index is 497. The molecule has 0 radical (unpaired) electrons. The molecule has 1 amide bonds. The minimum Gasteiger partial charge on any atom is -0.495 e. The highest BCUT2D eigenvalue weighted by molar-refractivity contribution is 9.10. The summed E-state index contributed by atoms with van der Waals surface area (Å²) in [7, 11) is 3.17. The first-order chi connectivity index (χ1) is 9.52. The summed E-state index contributed by atoms with van der Waals surface area (Å²) < 4.78 is 11.7. The molecular formula is C13H17BrN2O4. The zero-order valence-electron chi connectivity index (χ0n) is 11.4. The van der Waals surface area contributed by atoms with E-state index in [4.69, 9.17) is 14.6 Å². The third kappa shape index (κ3) is 3.15. The van der Waals surface area contributed by atoms with E-state index < -0.39 is 6.09 Å². The lowest BCUT2D eigenvalue weighted by molar-refractivity contribution is 0.133. The minimum atomic E-state index is -0.906. The van der Waals surface area contributed by atoms with E-state index in [9.17, 15) is 4.79 Å². The molecule has 0 spiro atoms. The van der Waals surface area contributed by atoms with Crippen LogP contribution >= 0.6 is 15.9 Å². The summed E-state index contributed by atoms with van der Waals surface area (Å²) in [4.78, 5) is 16.5. The number of nitrogens with zero attached hydrogens (tertiary/aromatic N) is 2. The van der Waals surface area contributed by atoms with Crippen LogP contribution in [-0.4, -0.2) is 47.4 Å². The topological polar surface area (TPSA) is 71.9 Å². The van der Waals surface area contributed by atoms with E-state index in [-0.39, 0.29) is 12.1 Å². The fourth-order valence-electron chi connectivity index (χ4n) is 2.34. The quantitative estimate of drug-likeness (QED) is 0.909. The average molecular weight is 345 g/mol. The van der Waals surface area contributed by atoms with Gasteiger partial charge in [-0.3, -0.25) is 0 Å². The molecule has 110 valence electrons. The maximum Gasteiger partial charge on any atom is 0.407 e. The smallest absolute Gasteiger partial charge is 0.407 e. The Labute approximate surface area is 125 Å². The van der Waals surface area contributed by atoms with Gasteiger partial charge in [-0.25, -0.2) is 9.78 Å². The van der Waals surface area contributed by atoms with Gasteiger partial charge in [0, 0.05) is 25.7 Å². The molecule has 6 nitrogen and oxygen atoms in total. The number of rotatable bonds is 4. The van der Waals surface area contributed by atoms with Crippen LogP contribution in [0.2, 0.25) is 0 Å². The van der Waals surface area contributed by atoms with Crippen molar-refractivity contribution in [3.63, 3.8) is 0 Å². The van der Waals surface area contributed by atoms with Gasteiger partial charge >= 0.3 is 6.09 Å². The number of ether oxygens (including phenoxy) is 2. The Morgan fingerprint density at radius 1 is 1.55 bits per heavy atom. The molecule has 0 bridgehead atoms. The summed E-state index contributed by atoms with van der Waals surface area (Å²) in [5.74, 6) is 1.14. The molecule has 0 aromatic carbocycles. The summed E-state index contributed by atoms with van der Waals surface area (Å²) in [5.41, 5.74) is 0. The zero-order valence-corrected chi connectivity index (χ0v) is 13.0. The van der Waals surface area contributed by atoms with Crippen LogP contribution in [0.5, 0.6) is 11.6 Å². The van der Waals surface area contributed by atoms with Crippen LogP contribution < -0.4 is 9.47 Å². The number of amides is 1. The highest BCUT2D eigenvalue weighted by Gasteiger charge is 2.31. The van der Waals surface area contributed by atoms with Gasteiger partial charge in [0.05, 0.1) is 7.11 Å². The second-order valence-corrected chi connectivity index (χ2v) is 5.53. The predicted octanol–water partition coefficient (Wildman–Crippen LogP) is 2.76. The molecular weight excluding hydrogens is 328 g/mol. The maximum absolute atomic E-state index is 10.9. The van der Waals surface area contributed by atoms with Crippen molar-refractivity contribution in [3.05, 3.63) is 16.7 Å². The molecule has 1 aromatic heterocycles. The van der Waals surface area contributed by atoms with Crippen LogP contribution in [0, 0.1) is 0 Å². The molecule has 1 heterocycles. The lowest BCUT2D eigenvalue weighted by Gasteiger charge is -2.21. The molecule has 0 aliphatic heterocycles. The third-order valence-corrected chi connectivity index (χ3v) is 4.26. The van der Waals surface area contributed by atoms with Gasteiger partial charge < -0.3 is 19.5 Å². The predicted molar refractivity (Wildman–Crippen MR) is 76.3 cm³/mol. The third-order valence-electron chi connectivity index (χ3n) is 3.53. The van der Waals surface area contributed by atoms with Crippen molar-refractivity contribution in [1.29, 1.82) is 0 Å². The van der Waals surface area contributed by atoms with Gasteiger partial charge in [0.1, 0.15) is 16.3 Å². The van der Waals surface area contributed by atoms with Crippen molar-refractivity contribution in [1.82, 2.24) is 9.88 Å². The van der Waals surface area contributed by atoms with Crippen molar-refractivity contribution >= 4 is 22.0 Å². The monoisotopic (exact) mass is 344 g/mol. The van der Waals surface area contributed by atoms with Crippen molar-refractivity contribution in [2.45, 2.75) is 31.4 Å². The van der Waals surface area contributed by atoms with Gasteiger partial charge in [0.25, 0.3) is 0 Å². The minimum absolute atomic E-state index is 0.00174. The van der Waals surface area contributed by atoms with Crippen molar-refractivity contribution in [2.24, 2.45) is 0 Å². The number of halogens is 1. The molecule has 1 aliphatic rings. The van der Waals surface area contributed by atoms with E-state index in [1.807, 2.05) is 0 Å². The van der Waals surface area contributed by atoms with Gasteiger partial charge in [0.2, 0.25) is 5.88 Å². The first-order valence-electron chi connectivity index (χ1n) is 6.33. The van der Waals surface area contributed by atoms with Crippen molar-refractivity contribution < 1.29 is 19.4 Å². The van der Waals surface area contributed by atoms with Crippen LogP contribution in [0.4, 0.5) is 4.79 Å². The van der Waals surface area contributed by atoms with Gasteiger partial charge in [-0.15, -0.1) is 0 Å². The number of hydrogen-bond acceptors (Lipinski definition) is 4. The Morgan fingerprint density at radius 3 is 2.95 bits per heavy atom. The van der Waals surface area contributed by atoms with E-state index in [0.29, 0.717) is 22.5 Å². The standard InChI is InChI=1S/C13H17BrN2O4/c1-16(13(17)18)8-3-4-9(7-8)20-12-11(14)10(19-2)5-6-15-12/h5-6,8-9H,3-4,7H2,1-2H3,(H,17,18)/t8-,9-/m1/s1. The molecule has 1 aliphatic carbocycles. The lowest BCUT2D eigenvalue weighted by Crippen LogP contribution is -2.34. The first kappa shape index (κ1) is 14.9. The summed E-state index contributed by atoms with van der Waals surface area (Å²) in [6.45, 7) is 0. The molecule has 1 saturated carbocycles. The van der Waals surface area contributed by atoms with Crippen LogP contribution in [0.1, 0.15) is 19.3 Å². The van der Waals surface area contributed by atoms with Crippen LogP contribution in [-0.2, 0) is 0 Å². The summed E-state index contributed by atoms with van der Waals surface area (Å²) in [6, 6.07) is 1.74. The number of aromatic nitrogens is 1. The van der Waals surface area contributed by atoms with E-state index in [1.54, 1.807) is 26.4 Å². The van der Waals surface area contributed by atoms with Crippen molar-refractivity contribution in [2.75, 3.05) is 14.2 Å². The van der Waals surface area contributed by atoms with E-state index in [2.05, 4.69) is 20.9 Å². The van der Waals surface area contributed by atoms with E-state index >= 15 is 0 Å². The Morgan fingerprint density at radius 2 is 2.30 bits per heavy atom. The van der Waals surface area contributed by atoms with Gasteiger partial charge in [-0.2, -0.15) is 0 Å². The number of methoxy groups -OCH3 is 1. The summed E-state index contributed by atoms with van der Waals surface area (Å²) >= 11 is 3.40. The average Bonchev–Trinajstić information content (AvgIpc) is 2.88. The highest BCUT2D eigenvalue weighted by Crippen LogP contribution is 2.35. The molecule has 20 heavy (non-hydrogen) atoms. The zero-order chi connectivity index (χ0) is 14.7. The Kier molecular flexibility index (Phi) is 4.69. The summed E-state index contributed by atoms with van der Waals surface area (Å²) in [6.07, 6.45) is 2.97. The molecule has 1 N–H and O–H groups in total. The molecule has 0 saturated heterocycles. The fraction of sp³-hybridized carbons (Fsp3) is 0.538. The fourth-order valence-corrected chi connectivity index (χ4v) is 2.83. The van der Waals surface area contributed by atoms with Gasteiger partial charge in [0.15, 0.2) is 0 Å². The maximum atomic E-state index is 10.9. The molecule has 1 aromatic rings. The summed E-state index contributed by atoms with van der Waals surface area (Å²) in [5, 5.41) is 8.98. The second kappa shape index (κ2) is 6.30. The molecule has 1 fully saturated rings. The van der Waals surface area contributed by atoms with Crippen LogP contribution in [0.25, 0.3) is 0 Å². The molecule has 2 atom stereocenters. The van der Waals surface area contributed by atoms with E-state index in [0.717, 1.165) is 12.8 Å². The van der Waals surface area contributed by atoms with Crippen LogP contribution in [0.3, 0.4) is 0 Å². The SMILES string of the molecule is COc1ccnc(O[C@@H]2CC[C@@H](N(C)C(=O)O)C2)c1Br. The largest absolute Gasteiger partial charge is 0.495 e. The second-order valence-electron chi connectivity index (χ2n) is 4.73. The number of carboxylic acid groups (broad SMARTS) is 1. The number of pyridine rings is 1. The van der Waals surface area contributed by atoms with Crippen LogP contribution in [0.15, 0.2) is 16.7 Å². The van der Waals surface area contributed by atoms with E-state index in [1.165, 1.54) is 4.90 Å². The first-order valence-corrected chi connectivity index (χ1v) is 7.13. The molecule has 2 rings (SSSR count). The molecule has 0 unspecified atom stereocenters. The number of carbonyl (C=O) groups is 1.